The molecule has 3 aromatic heterocycles. The quantitative estimate of drug-likeness (QED) is 0.539. The molecule has 0 aliphatic carbocycles. The van der Waals surface area contributed by atoms with Gasteiger partial charge >= 0.3 is 0 Å². The zero-order chi connectivity index (χ0) is 23.8. The lowest BCUT2D eigenvalue weighted by Crippen LogP contribution is -2.40. The smallest absolute Gasteiger partial charge is 0.253 e. The maximum atomic E-state index is 13.6. The number of primary amides is 1. The van der Waals surface area contributed by atoms with Gasteiger partial charge in [0.1, 0.15) is 23.0 Å². The molecule has 1 aliphatic rings. The molecule has 1 aliphatic heterocycles. The number of carbonyl (C=O) groups excluding carboxylic acids is 1. The molecule has 1 saturated heterocycles. The summed E-state index contributed by atoms with van der Waals surface area (Å²) in [6, 6.07) is 9.49. The number of furan rings is 1. The fourth-order valence-electron chi connectivity index (χ4n) is 4.42. The van der Waals surface area contributed by atoms with Crippen molar-refractivity contribution in [2.24, 2.45) is 11.7 Å². The standard InChI is InChI=1S/C23H27N5O4S/c1-15-12-23(2,3)28(14-15)22-20(21(24)29)17(9-10-25-22)33(30,31)19-8-4-7-18(27-19)26-13-16-6-5-11-32-16/h4-11,15H,12-14H2,1-3H3,(H2,24,29)(H,26,27). The van der Waals surface area contributed by atoms with Crippen LogP contribution in [0.25, 0.3) is 0 Å². The molecular weight excluding hydrogens is 442 g/mol. The maximum Gasteiger partial charge on any atom is 0.253 e. The molecular formula is C23H27N5O4S. The molecule has 0 aromatic carbocycles. The Bertz CT molecular complexity index is 1270. The van der Waals surface area contributed by atoms with Crippen LogP contribution in [0.4, 0.5) is 11.6 Å². The van der Waals surface area contributed by atoms with E-state index in [4.69, 9.17) is 10.2 Å². The minimum Gasteiger partial charge on any atom is -0.467 e. The highest BCUT2D eigenvalue weighted by atomic mass is 32.2. The van der Waals surface area contributed by atoms with Gasteiger partial charge in [-0.3, -0.25) is 4.79 Å². The van der Waals surface area contributed by atoms with Gasteiger partial charge in [-0.25, -0.2) is 18.4 Å². The molecule has 174 valence electrons. The number of nitrogens with two attached hydrogens (primary N) is 1. The van der Waals surface area contributed by atoms with Gasteiger partial charge in [0.2, 0.25) is 9.84 Å². The van der Waals surface area contributed by atoms with E-state index in [9.17, 15) is 13.2 Å². The Hall–Kier alpha value is -3.40. The van der Waals surface area contributed by atoms with Crippen LogP contribution < -0.4 is 16.0 Å². The molecule has 0 bridgehead atoms. The predicted octanol–water partition coefficient (Wildman–Crippen LogP) is 3.24. The lowest BCUT2D eigenvalue weighted by molar-refractivity contribution is 0.0997. The van der Waals surface area contributed by atoms with Crippen molar-refractivity contribution in [3.8, 4) is 0 Å². The highest BCUT2D eigenvalue weighted by molar-refractivity contribution is 7.91. The van der Waals surface area contributed by atoms with E-state index in [2.05, 4.69) is 22.2 Å². The van der Waals surface area contributed by atoms with E-state index in [1.807, 2.05) is 18.7 Å². The molecule has 0 spiro atoms. The van der Waals surface area contributed by atoms with Gasteiger partial charge in [0.15, 0.2) is 5.03 Å². The number of anilines is 2. The van der Waals surface area contributed by atoms with Crippen molar-refractivity contribution in [3.63, 3.8) is 0 Å². The highest BCUT2D eigenvalue weighted by Gasteiger charge is 2.40. The average Bonchev–Trinajstić information content (AvgIpc) is 3.38. The van der Waals surface area contributed by atoms with Crippen LogP contribution in [0.5, 0.6) is 0 Å². The van der Waals surface area contributed by atoms with E-state index in [1.165, 1.54) is 18.3 Å². The minimum absolute atomic E-state index is 0.115. The van der Waals surface area contributed by atoms with Crippen LogP contribution in [0.2, 0.25) is 0 Å². The lowest BCUT2D eigenvalue weighted by Gasteiger charge is -2.33. The van der Waals surface area contributed by atoms with Crippen LogP contribution in [0.15, 0.2) is 63.2 Å². The lowest BCUT2D eigenvalue weighted by atomic mass is 9.97. The van der Waals surface area contributed by atoms with E-state index in [-0.39, 0.29) is 26.8 Å². The molecule has 0 saturated carbocycles. The molecule has 9 nitrogen and oxygen atoms in total. The first-order valence-corrected chi connectivity index (χ1v) is 12.1. The van der Waals surface area contributed by atoms with Crippen LogP contribution in [0, 0.1) is 5.92 Å². The van der Waals surface area contributed by atoms with Crippen molar-refractivity contribution in [2.75, 3.05) is 16.8 Å². The first-order chi connectivity index (χ1) is 15.6. The molecule has 1 amide bonds. The summed E-state index contributed by atoms with van der Waals surface area (Å²) in [6.07, 6.45) is 3.83. The Morgan fingerprint density at radius 2 is 2.06 bits per heavy atom. The van der Waals surface area contributed by atoms with Crippen LogP contribution in [0.1, 0.15) is 43.3 Å². The van der Waals surface area contributed by atoms with Crippen molar-refractivity contribution in [2.45, 2.75) is 49.2 Å². The largest absolute Gasteiger partial charge is 0.467 e. The van der Waals surface area contributed by atoms with Crippen molar-refractivity contribution in [3.05, 3.63) is 60.2 Å². The van der Waals surface area contributed by atoms with Gasteiger partial charge in [0, 0.05) is 18.3 Å². The van der Waals surface area contributed by atoms with Crippen LogP contribution in [-0.4, -0.2) is 36.4 Å². The molecule has 3 aromatic rings. The summed E-state index contributed by atoms with van der Waals surface area (Å²) in [5.74, 6) is 0.838. The van der Waals surface area contributed by atoms with Crippen LogP contribution in [0.3, 0.4) is 0 Å². The number of hydrogen-bond donors (Lipinski definition) is 2. The topological polar surface area (TPSA) is 131 Å². The summed E-state index contributed by atoms with van der Waals surface area (Å²) < 4.78 is 32.4. The van der Waals surface area contributed by atoms with E-state index in [1.54, 1.807) is 30.5 Å². The summed E-state index contributed by atoms with van der Waals surface area (Å²) in [5.41, 5.74) is 5.29. The zero-order valence-electron chi connectivity index (χ0n) is 18.8. The van der Waals surface area contributed by atoms with Gasteiger partial charge in [0.25, 0.3) is 5.91 Å². The summed E-state index contributed by atoms with van der Waals surface area (Å²) >= 11 is 0. The third kappa shape index (κ3) is 4.43. The van der Waals surface area contributed by atoms with Crippen molar-refractivity contribution in [1.29, 1.82) is 0 Å². The number of pyridine rings is 2. The Kier molecular flexibility index (Phi) is 5.87. The number of hydrogen-bond acceptors (Lipinski definition) is 8. The summed E-state index contributed by atoms with van der Waals surface area (Å²) in [6.45, 7) is 7.18. The Morgan fingerprint density at radius 3 is 2.70 bits per heavy atom. The Morgan fingerprint density at radius 1 is 1.27 bits per heavy atom. The monoisotopic (exact) mass is 469 g/mol. The van der Waals surface area contributed by atoms with E-state index >= 15 is 0 Å². The minimum atomic E-state index is -4.15. The van der Waals surface area contributed by atoms with Gasteiger partial charge in [-0.1, -0.05) is 13.0 Å². The first kappa shape index (κ1) is 22.8. The molecule has 4 rings (SSSR count). The van der Waals surface area contributed by atoms with Gasteiger partial charge < -0.3 is 20.4 Å². The molecule has 1 unspecified atom stereocenters. The molecule has 4 heterocycles. The number of carbonyl (C=O) groups is 1. The third-order valence-electron chi connectivity index (χ3n) is 5.78. The predicted molar refractivity (Wildman–Crippen MR) is 124 cm³/mol. The third-order valence-corrected chi connectivity index (χ3v) is 7.48. The number of rotatable bonds is 7. The molecule has 10 heteroatoms. The number of aromatic nitrogens is 2. The van der Waals surface area contributed by atoms with E-state index < -0.39 is 15.7 Å². The average molecular weight is 470 g/mol. The first-order valence-electron chi connectivity index (χ1n) is 10.6. The SMILES string of the molecule is CC1CN(c2nccc(S(=O)(=O)c3cccc(NCc4ccco4)n3)c2C(N)=O)C(C)(C)C1. The number of amides is 1. The maximum absolute atomic E-state index is 13.6. The van der Waals surface area contributed by atoms with Gasteiger partial charge in [-0.05, 0) is 56.5 Å². The van der Waals surface area contributed by atoms with Crippen molar-refractivity contribution >= 4 is 27.4 Å². The molecule has 3 N–H and O–H groups in total. The number of nitrogens with zero attached hydrogens (tertiary/aromatic N) is 3. The fourth-order valence-corrected chi connectivity index (χ4v) is 5.82. The number of sulfone groups is 1. The molecule has 1 atom stereocenters. The van der Waals surface area contributed by atoms with E-state index in [0.717, 1.165) is 6.42 Å². The normalized spacial score (nSPS) is 17.8. The second-order valence-electron chi connectivity index (χ2n) is 8.90. The van der Waals surface area contributed by atoms with Crippen LogP contribution in [-0.2, 0) is 16.4 Å². The molecule has 1 fully saturated rings. The van der Waals surface area contributed by atoms with Gasteiger partial charge in [0.05, 0.1) is 17.7 Å². The Balaban J connectivity index is 1.74. The van der Waals surface area contributed by atoms with Gasteiger partial charge in [-0.15, -0.1) is 0 Å². The van der Waals surface area contributed by atoms with E-state index in [0.29, 0.717) is 30.6 Å². The Labute approximate surface area is 192 Å². The second kappa shape index (κ2) is 8.51. The summed E-state index contributed by atoms with van der Waals surface area (Å²) in [7, 11) is -4.15. The summed E-state index contributed by atoms with van der Waals surface area (Å²) in [4.78, 5) is 22.9. The summed E-state index contributed by atoms with van der Waals surface area (Å²) in [5, 5.41) is 2.84. The zero-order valence-corrected chi connectivity index (χ0v) is 19.6. The van der Waals surface area contributed by atoms with Crippen LogP contribution >= 0.6 is 0 Å². The second-order valence-corrected chi connectivity index (χ2v) is 10.8. The number of nitrogens with one attached hydrogen (secondary N) is 1. The highest BCUT2D eigenvalue weighted by Crippen LogP contribution is 2.39. The fraction of sp³-hybridized carbons (Fsp3) is 0.348. The van der Waals surface area contributed by atoms with Gasteiger partial charge in [-0.2, -0.15) is 0 Å². The van der Waals surface area contributed by atoms with Crippen molar-refractivity contribution in [1.82, 2.24) is 9.97 Å². The molecule has 0 radical (unpaired) electrons. The van der Waals surface area contributed by atoms with Crippen molar-refractivity contribution < 1.29 is 17.6 Å². The molecule has 33 heavy (non-hydrogen) atoms.